The molecule has 1 atom stereocenters. The Labute approximate surface area is 88.7 Å². The number of aromatic nitrogens is 2. The van der Waals surface area contributed by atoms with Crippen molar-refractivity contribution in [2.45, 2.75) is 26.4 Å². The van der Waals surface area contributed by atoms with Gasteiger partial charge >= 0.3 is 0 Å². The van der Waals surface area contributed by atoms with Crippen molar-refractivity contribution in [1.82, 2.24) is 15.5 Å². The zero-order valence-electron chi connectivity index (χ0n) is 8.95. The van der Waals surface area contributed by atoms with Crippen LogP contribution in [0.4, 0.5) is 0 Å². The molecule has 0 saturated carbocycles. The number of nitrogens with one attached hydrogen (secondary N) is 2. The molecule has 2 heterocycles. The number of rotatable bonds is 4. The molecule has 4 heteroatoms. The number of aryl methyl sites for hydroxylation is 1. The van der Waals surface area contributed by atoms with Crippen LogP contribution >= 0.6 is 0 Å². The van der Waals surface area contributed by atoms with Gasteiger partial charge in [-0.2, -0.15) is 5.10 Å². The third kappa shape index (κ3) is 2.27. The summed E-state index contributed by atoms with van der Waals surface area (Å²) in [5.41, 5.74) is 3.48. The summed E-state index contributed by atoms with van der Waals surface area (Å²) in [5, 5.41) is 10.3. The van der Waals surface area contributed by atoms with Gasteiger partial charge in [-0.25, -0.2) is 0 Å². The summed E-state index contributed by atoms with van der Waals surface area (Å²) >= 11 is 0. The first-order chi connectivity index (χ1) is 7.27. The van der Waals surface area contributed by atoms with Crippen molar-refractivity contribution in [2.75, 3.05) is 0 Å². The van der Waals surface area contributed by atoms with Crippen LogP contribution in [0.5, 0.6) is 0 Å². The van der Waals surface area contributed by atoms with Crippen LogP contribution in [-0.2, 0) is 6.54 Å². The molecule has 2 aromatic rings. The second-order valence-electron chi connectivity index (χ2n) is 3.68. The van der Waals surface area contributed by atoms with Crippen molar-refractivity contribution in [3.05, 3.63) is 41.6 Å². The number of hydrogen-bond acceptors (Lipinski definition) is 3. The van der Waals surface area contributed by atoms with E-state index in [-0.39, 0.29) is 6.04 Å². The summed E-state index contributed by atoms with van der Waals surface area (Å²) in [4.78, 5) is 0. The Bertz CT molecular complexity index is 405. The van der Waals surface area contributed by atoms with Crippen LogP contribution in [0.2, 0.25) is 0 Å². The van der Waals surface area contributed by atoms with Crippen molar-refractivity contribution in [3.8, 4) is 0 Å². The van der Waals surface area contributed by atoms with Crippen LogP contribution in [0.1, 0.15) is 29.8 Å². The second-order valence-corrected chi connectivity index (χ2v) is 3.68. The molecule has 2 N–H and O–H groups in total. The second kappa shape index (κ2) is 4.31. The van der Waals surface area contributed by atoms with Gasteiger partial charge in [-0.15, -0.1) is 0 Å². The molecule has 1 unspecified atom stereocenters. The zero-order valence-corrected chi connectivity index (χ0v) is 8.95. The number of aromatic amines is 1. The molecule has 15 heavy (non-hydrogen) atoms. The Morgan fingerprint density at radius 1 is 1.60 bits per heavy atom. The van der Waals surface area contributed by atoms with E-state index in [1.165, 1.54) is 5.56 Å². The fourth-order valence-corrected chi connectivity index (χ4v) is 1.46. The van der Waals surface area contributed by atoms with Gasteiger partial charge in [0.25, 0.3) is 0 Å². The standard InChI is InChI=1S/C11H15N3O/c1-8(10-3-4-15-7-10)12-5-11-6-13-14-9(11)2/h3-4,6-8,12H,5H2,1-2H3,(H,13,14). The van der Waals surface area contributed by atoms with Crippen molar-refractivity contribution in [2.24, 2.45) is 0 Å². The summed E-state index contributed by atoms with van der Waals surface area (Å²) in [6.45, 7) is 4.95. The lowest BCUT2D eigenvalue weighted by Crippen LogP contribution is -2.17. The predicted octanol–water partition coefficient (Wildman–Crippen LogP) is 2.16. The van der Waals surface area contributed by atoms with Crippen LogP contribution in [-0.4, -0.2) is 10.2 Å². The molecule has 0 bridgehead atoms. The summed E-state index contributed by atoms with van der Waals surface area (Å²) in [5.74, 6) is 0. The van der Waals surface area contributed by atoms with Gasteiger partial charge in [-0.1, -0.05) is 0 Å². The van der Waals surface area contributed by atoms with Crippen molar-refractivity contribution >= 4 is 0 Å². The summed E-state index contributed by atoms with van der Waals surface area (Å²) in [7, 11) is 0. The summed E-state index contributed by atoms with van der Waals surface area (Å²) < 4.78 is 5.04. The zero-order chi connectivity index (χ0) is 10.7. The van der Waals surface area contributed by atoms with Gasteiger partial charge in [0.15, 0.2) is 0 Å². The van der Waals surface area contributed by atoms with Crippen LogP contribution < -0.4 is 5.32 Å². The molecule has 80 valence electrons. The smallest absolute Gasteiger partial charge is 0.0950 e. The average molecular weight is 205 g/mol. The first-order valence-corrected chi connectivity index (χ1v) is 5.01. The third-order valence-electron chi connectivity index (χ3n) is 2.58. The highest BCUT2D eigenvalue weighted by molar-refractivity contribution is 5.15. The van der Waals surface area contributed by atoms with Gasteiger partial charge < -0.3 is 9.73 Å². The third-order valence-corrected chi connectivity index (χ3v) is 2.58. The van der Waals surface area contributed by atoms with E-state index >= 15 is 0 Å². The highest BCUT2D eigenvalue weighted by atomic mass is 16.3. The van der Waals surface area contributed by atoms with Crippen LogP contribution in [0.3, 0.4) is 0 Å². The first kappa shape index (κ1) is 9.98. The monoisotopic (exact) mass is 205 g/mol. The lowest BCUT2D eigenvalue weighted by Gasteiger charge is -2.10. The lowest BCUT2D eigenvalue weighted by molar-refractivity contribution is 0.538. The minimum absolute atomic E-state index is 0.290. The van der Waals surface area contributed by atoms with E-state index < -0.39 is 0 Å². The molecule has 0 amide bonds. The van der Waals surface area contributed by atoms with Gasteiger partial charge in [-0.3, -0.25) is 5.10 Å². The number of hydrogen-bond donors (Lipinski definition) is 2. The lowest BCUT2D eigenvalue weighted by atomic mass is 10.1. The Balaban J connectivity index is 1.91. The predicted molar refractivity (Wildman–Crippen MR) is 57.3 cm³/mol. The minimum atomic E-state index is 0.290. The fraction of sp³-hybridized carbons (Fsp3) is 0.364. The number of nitrogens with zero attached hydrogens (tertiary/aromatic N) is 1. The molecule has 2 rings (SSSR count). The van der Waals surface area contributed by atoms with E-state index in [2.05, 4.69) is 22.4 Å². The van der Waals surface area contributed by atoms with Crippen molar-refractivity contribution in [3.63, 3.8) is 0 Å². The topological polar surface area (TPSA) is 53.9 Å². The summed E-state index contributed by atoms with van der Waals surface area (Å²) in [6, 6.07) is 2.26. The van der Waals surface area contributed by atoms with E-state index in [4.69, 9.17) is 4.42 Å². The number of furan rings is 1. The Morgan fingerprint density at radius 3 is 3.07 bits per heavy atom. The molecule has 0 aromatic carbocycles. The van der Waals surface area contributed by atoms with Crippen LogP contribution in [0, 0.1) is 6.92 Å². The Hall–Kier alpha value is -1.55. The highest BCUT2D eigenvalue weighted by Crippen LogP contribution is 2.13. The van der Waals surface area contributed by atoms with Gasteiger partial charge in [0.1, 0.15) is 0 Å². The van der Waals surface area contributed by atoms with Gasteiger partial charge in [0.05, 0.1) is 18.7 Å². The number of H-pyrrole nitrogens is 1. The Kier molecular flexibility index (Phi) is 2.87. The maximum atomic E-state index is 5.04. The highest BCUT2D eigenvalue weighted by Gasteiger charge is 2.07. The molecule has 4 nitrogen and oxygen atoms in total. The molecule has 0 aliphatic rings. The molecule has 0 radical (unpaired) electrons. The van der Waals surface area contributed by atoms with Crippen molar-refractivity contribution < 1.29 is 4.42 Å². The van der Waals surface area contributed by atoms with E-state index in [1.54, 1.807) is 12.5 Å². The van der Waals surface area contributed by atoms with Gasteiger partial charge in [0.2, 0.25) is 0 Å². The molecular weight excluding hydrogens is 190 g/mol. The van der Waals surface area contributed by atoms with Crippen LogP contribution in [0.25, 0.3) is 0 Å². The fourth-order valence-electron chi connectivity index (χ4n) is 1.46. The molecule has 0 aliphatic carbocycles. The minimum Gasteiger partial charge on any atom is -0.472 e. The largest absolute Gasteiger partial charge is 0.472 e. The molecule has 0 spiro atoms. The maximum Gasteiger partial charge on any atom is 0.0950 e. The molecule has 0 aliphatic heterocycles. The van der Waals surface area contributed by atoms with E-state index in [1.807, 2.05) is 19.2 Å². The van der Waals surface area contributed by atoms with Crippen molar-refractivity contribution in [1.29, 1.82) is 0 Å². The normalized spacial score (nSPS) is 12.9. The molecular formula is C11H15N3O. The first-order valence-electron chi connectivity index (χ1n) is 5.01. The van der Waals surface area contributed by atoms with E-state index in [0.29, 0.717) is 0 Å². The average Bonchev–Trinajstić information content (AvgIpc) is 2.85. The van der Waals surface area contributed by atoms with E-state index in [0.717, 1.165) is 17.8 Å². The molecule has 0 fully saturated rings. The van der Waals surface area contributed by atoms with E-state index in [9.17, 15) is 0 Å². The Morgan fingerprint density at radius 2 is 2.47 bits per heavy atom. The maximum absolute atomic E-state index is 5.04. The molecule has 0 saturated heterocycles. The SMILES string of the molecule is Cc1[nH]ncc1CNC(C)c1ccoc1. The van der Waals surface area contributed by atoms with Crippen LogP contribution in [0.15, 0.2) is 29.2 Å². The van der Waals surface area contributed by atoms with Gasteiger partial charge in [-0.05, 0) is 19.9 Å². The van der Waals surface area contributed by atoms with Gasteiger partial charge in [0, 0.05) is 29.4 Å². The molecule has 2 aromatic heterocycles. The summed E-state index contributed by atoms with van der Waals surface area (Å²) in [6.07, 6.45) is 5.31. The quantitative estimate of drug-likeness (QED) is 0.804.